The molecule has 1 aliphatic rings. The number of nitrogens with zero attached hydrogens (tertiary/aromatic N) is 1. The molecule has 1 aliphatic carbocycles. The molecule has 0 radical (unpaired) electrons. The van der Waals surface area contributed by atoms with Crippen molar-refractivity contribution < 1.29 is 19.1 Å². The molecule has 0 spiro atoms. The monoisotopic (exact) mass is 238 g/mol. The third-order valence-electron chi connectivity index (χ3n) is 2.61. The minimum absolute atomic E-state index is 0.00287. The number of hydrogen-bond donors (Lipinski definition) is 2. The fraction of sp³-hybridized carbons (Fsp3) is 0.364. The molecule has 6 heteroatoms. The van der Waals surface area contributed by atoms with E-state index in [1.54, 1.807) is 0 Å². The topological polar surface area (TPSA) is 79.3 Å². The van der Waals surface area contributed by atoms with Crippen LogP contribution in [0.4, 0.5) is 4.39 Å². The van der Waals surface area contributed by atoms with E-state index in [2.05, 4.69) is 10.3 Å². The Hall–Kier alpha value is -1.98. The molecule has 1 saturated carbocycles. The Morgan fingerprint density at radius 2 is 2.18 bits per heavy atom. The predicted molar refractivity (Wildman–Crippen MR) is 55.8 cm³/mol. The summed E-state index contributed by atoms with van der Waals surface area (Å²) in [5.41, 5.74) is 0.0123. The zero-order valence-electron chi connectivity index (χ0n) is 8.89. The van der Waals surface area contributed by atoms with Gasteiger partial charge in [-0.2, -0.15) is 0 Å². The summed E-state index contributed by atoms with van der Waals surface area (Å²) in [6, 6.07) is 1.44. The lowest BCUT2D eigenvalue weighted by molar-refractivity contribution is -0.139. The van der Waals surface area contributed by atoms with Gasteiger partial charge in [-0.05, 0) is 30.9 Å². The number of hydrogen-bond acceptors (Lipinski definition) is 3. The van der Waals surface area contributed by atoms with E-state index in [0.717, 1.165) is 25.1 Å². The van der Waals surface area contributed by atoms with Gasteiger partial charge in [-0.3, -0.25) is 4.79 Å². The highest BCUT2D eigenvalue weighted by Gasteiger charge is 2.37. The first kappa shape index (κ1) is 11.5. The van der Waals surface area contributed by atoms with Gasteiger partial charge in [0.2, 0.25) is 0 Å². The van der Waals surface area contributed by atoms with E-state index in [0.29, 0.717) is 0 Å². The predicted octanol–water partition coefficient (Wildman–Crippen LogP) is 0.814. The molecule has 0 aromatic carbocycles. The number of halogens is 1. The fourth-order valence-corrected chi connectivity index (χ4v) is 1.54. The van der Waals surface area contributed by atoms with Gasteiger partial charge in [0.15, 0.2) is 0 Å². The van der Waals surface area contributed by atoms with Crippen LogP contribution in [0.2, 0.25) is 0 Å². The maximum absolute atomic E-state index is 12.6. The Labute approximate surface area is 96.7 Å². The van der Waals surface area contributed by atoms with Crippen LogP contribution in [0, 0.1) is 11.7 Å². The number of carboxylic acids is 1. The Balaban J connectivity index is 2.04. The number of aromatic nitrogens is 1. The van der Waals surface area contributed by atoms with Crippen molar-refractivity contribution in [1.29, 1.82) is 0 Å². The van der Waals surface area contributed by atoms with E-state index in [9.17, 15) is 14.0 Å². The highest BCUT2D eigenvalue weighted by Crippen LogP contribution is 2.32. The van der Waals surface area contributed by atoms with Crippen molar-refractivity contribution in [3.8, 4) is 0 Å². The molecular weight excluding hydrogens is 227 g/mol. The zero-order valence-corrected chi connectivity index (χ0v) is 8.89. The quantitative estimate of drug-likeness (QED) is 0.813. The first-order valence-corrected chi connectivity index (χ1v) is 5.23. The average molecular weight is 238 g/mol. The molecule has 2 rings (SSSR count). The Morgan fingerprint density at radius 3 is 2.65 bits per heavy atom. The standard InChI is InChI=1S/C11H11FN2O3/c12-7-3-4-8(13-5-7)10(15)14-9(11(16)17)6-1-2-6/h3-6,9H,1-2H2,(H,14,15)(H,16,17). The second-order valence-corrected chi connectivity index (χ2v) is 3.99. The van der Waals surface area contributed by atoms with Crippen LogP contribution in [0.3, 0.4) is 0 Å². The van der Waals surface area contributed by atoms with Crippen LogP contribution < -0.4 is 5.32 Å². The summed E-state index contributed by atoms with van der Waals surface area (Å²) in [6.07, 6.45) is 2.52. The Morgan fingerprint density at radius 1 is 1.47 bits per heavy atom. The van der Waals surface area contributed by atoms with Crippen LogP contribution in [0.25, 0.3) is 0 Å². The minimum atomic E-state index is -1.05. The van der Waals surface area contributed by atoms with Gasteiger partial charge >= 0.3 is 5.97 Å². The first-order valence-electron chi connectivity index (χ1n) is 5.23. The van der Waals surface area contributed by atoms with Crippen LogP contribution in [-0.2, 0) is 4.79 Å². The normalized spacial score (nSPS) is 16.3. The molecule has 1 amide bonds. The number of pyridine rings is 1. The van der Waals surface area contributed by atoms with E-state index >= 15 is 0 Å². The summed E-state index contributed by atoms with van der Waals surface area (Å²) >= 11 is 0. The van der Waals surface area contributed by atoms with E-state index in [4.69, 9.17) is 5.11 Å². The van der Waals surface area contributed by atoms with Gasteiger partial charge in [-0.25, -0.2) is 14.2 Å². The van der Waals surface area contributed by atoms with Crippen molar-refractivity contribution in [2.45, 2.75) is 18.9 Å². The molecule has 1 heterocycles. The minimum Gasteiger partial charge on any atom is -0.480 e. The summed E-state index contributed by atoms with van der Waals surface area (Å²) in [6.45, 7) is 0. The van der Waals surface area contributed by atoms with E-state index < -0.39 is 23.7 Å². The summed E-state index contributed by atoms with van der Waals surface area (Å²) in [4.78, 5) is 26.1. The van der Waals surface area contributed by atoms with Gasteiger partial charge in [0.1, 0.15) is 17.6 Å². The fourth-order valence-electron chi connectivity index (χ4n) is 1.54. The summed E-state index contributed by atoms with van der Waals surface area (Å²) in [5.74, 6) is -2.19. The third kappa shape index (κ3) is 2.77. The lowest BCUT2D eigenvalue weighted by Crippen LogP contribution is -2.42. The number of aliphatic carboxylic acids is 1. The summed E-state index contributed by atoms with van der Waals surface area (Å²) in [7, 11) is 0. The second-order valence-electron chi connectivity index (χ2n) is 3.99. The molecule has 0 saturated heterocycles. The Kier molecular flexibility index (Phi) is 3.03. The van der Waals surface area contributed by atoms with Crippen molar-refractivity contribution in [2.75, 3.05) is 0 Å². The SMILES string of the molecule is O=C(NC(C(=O)O)C1CC1)c1ccc(F)cn1. The molecular formula is C11H11FN2O3. The smallest absolute Gasteiger partial charge is 0.326 e. The molecule has 0 aliphatic heterocycles. The largest absolute Gasteiger partial charge is 0.480 e. The molecule has 0 bridgehead atoms. The zero-order chi connectivity index (χ0) is 12.4. The van der Waals surface area contributed by atoms with Gasteiger partial charge < -0.3 is 10.4 Å². The molecule has 90 valence electrons. The van der Waals surface area contributed by atoms with Crippen molar-refractivity contribution >= 4 is 11.9 Å². The van der Waals surface area contributed by atoms with E-state index in [1.807, 2.05) is 0 Å². The van der Waals surface area contributed by atoms with Crippen LogP contribution in [0.15, 0.2) is 18.3 Å². The molecule has 2 N–H and O–H groups in total. The van der Waals surface area contributed by atoms with Crippen molar-refractivity contribution in [2.24, 2.45) is 5.92 Å². The van der Waals surface area contributed by atoms with Crippen LogP contribution >= 0.6 is 0 Å². The van der Waals surface area contributed by atoms with Crippen molar-refractivity contribution in [3.63, 3.8) is 0 Å². The number of carbonyl (C=O) groups excluding carboxylic acids is 1. The maximum Gasteiger partial charge on any atom is 0.326 e. The van der Waals surface area contributed by atoms with E-state index in [-0.39, 0.29) is 11.6 Å². The van der Waals surface area contributed by atoms with Gasteiger partial charge in [0, 0.05) is 0 Å². The average Bonchev–Trinajstić information content (AvgIpc) is 3.10. The molecule has 1 unspecified atom stereocenters. The highest BCUT2D eigenvalue weighted by molar-refractivity contribution is 5.95. The van der Waals surface area contributed by atoms with Gasteiger partial charge in [-0.15, -0.1) is 0 Å². The molecule has 1 fully saturated rings. The molecule has 5 nitrogen and oxygen atoms in total. The van der Waals surface area contributed by atoms with Crippen molar-refractivity contribution in [1.82, 2.24) is 10.3 Å². The van der Waals surface area contributed by atoms with Gasteiger partial charge in [-0.1, -0.05) is 0 Å². The highest BCUT2D eigenvalue weighted by atomic mass is 19.1. The lowest BCUT2D eigenvalue weighted by atomic mass is 10.2. The molecule has 1 aromatic rings. The van der Waals surface area contributed by atoms with Crippen LogP contribution in [0.1, 0.15) is 23.3 Å². The number of carboxylic acid groups (broad SMARTS) is 1. The second kappa shape index (κ2) is 4.48. The van der Waals surface area contributed by atoms with Gasteiger partial charge in [0.25, 0.3) is 5.91 Å². The van der Waals surface area contributed by atoms with Crippen molar-refractivity contribution in [3.05, 3.63) is 29.8 Å². The number of carbonyl (C=O) groups is 2. The van der Waals surface area contributed by atoms with Gasteiger partial charge in [0.05, 0.1) is 6.20 Å². The first-order chi connectivity index (χ1) is 8.08. The number of rotatable bonds is 4. The van der Waals surface area contributed by atoms with Crippen LogP contribution in [0.5, 0.6) is 0 Å². The maximum atomic E-state index is 12.6. The lowest BCUT2D eigenvalue weighted by Gasteiger charge is -2.12. The molecule has 1 aromatic heterocycles. The molecule has 1 atom stereocenters. The molecule has 17 heavy (non-hydrogen) atoms. The Bertz CT molecular complexity index is 443. The summed E-state index contributed by atoms with van der Waals surface area (Å²) in [5, 5.41) is 11.3. The summed E-state index contributed by atoms with van der Waals surface area (Å²) < 4.78 is 12.6. The number of amides is 1. The third-order valence-corrected chi connectivity index (χ3v) is 2.61. The van der Waals surface area contributed by atoms with Crippen LogP contribution in [-0.4, -0.2) is 28.0 Å². The number of nitrogens with one attached hydrogen (secondary N) is 1. The van der Waals surface area contributed by atoms with E-state index in [1.165, 1.54) is 6.07 Å².